The molecule has 0 unspecified atom stereocenters. The average Bonchev–Trinajstić information content (AvgIpc) is 3.17. The number of nitriles is 1. The summed E-state index contributed by atoms with van der Waals surface area (Å²) < 4.78 is 6.23. The molecule has 0 bridgehead atoms. The van der Waals surface area contributed by atoms with Crippen molar-refractivity contribution in [3.8, 4) is 11.9 Å². The van der Waals surface area contributed by atoms with Gasteiger partial charge in [0, 0.05) is 17.3 Å². The van der Waals surface area contributed by atoms with Gasteiger partial charge >= 0.3 is 6.09 Å². The van der Waals surface area contributed by atoms with E-state index in [0.717, 1.165) is 48.7 Å². The van der Waals surface area contributed by atoms with E-state index in [4.69, 9.17) is 15.1 Å². The van der Waals surface area contributed by atoms with Gasteiger partial charge in [-0.05, 0) is 50.0 Å². The molecule has 26 heavy (non-hydrogen) atoms. The number of fused-ring (bicyclic) bond motifs is 3. The highest BCUT2D eigenvalue weighted by Crippen LogP contribution is 2.47. The summed E-state index contributed by atoms with van der Waals surface area (Å²) in [6.45, 7) is 0. The zero-order chi connectivity index (χ0) is 18.1. The van der Waals surface area contributed by atoms with Crippen LogP contribution in [-0.2, 0) is 6.42 Å². The largest absolute Gasteiger partial charge is 0.474 e. The quantitative estimate of drug-likeness (QED) is 0.849. The van der Waals surface area contributed by atoms with E-state index in [1.165, 1.54) is 10.4 Å². The molecule has 7 nitrogen and oxygen atoms in total. The molecule has 0 aliphatic heterocycles. The van der Waals surface area contributed by atoms with Crippen LogP contribution in [0.3, 0.4) is 0 Å². The van der Waals surface area contributed by atoms with Crippen molar-refractivity contribution in [2.75, 3.05) is 0 Å². The Morgan fingerprint density at radius 3 is 2.88 bits per heavy atom. The van der Waals surface area contributed by atoms with Crippen LogP contribution in [-0.4, -0.2) is 33.3 Å². The van der Waals surface area contributed by atoms with E-state index in [0.29, 0.717) is 12.3 Å². The number of hydrogen-bond acceptors (Lipinski definition) is 6. The van der Waals surface area contributed by atoms with E-state index in [1.54, 1.807) is 17.7 Å². The standard InChI is InChI=1S/C18H20N4O3S/c19-8-7-10-1-6-13-14(10)15-16(20-9-21-17(15)26-13)25-12-4-2-11(3-5-12)22-18(23)24/h9-12,22H,1-7H2,(H,23,24)/t10-,11?,12?/m1/s1. The Morgan fingerprint density at radius 1 is 1.35 bits per heavy atom. The van der Waals surface area contributed by atoms with Crippen molar-refractivity contribution < 1.29 is 14.6 Å². The first kappa shape index (κ1) is 17.0. The second kappa shape index (κ2) is 7.08. The van der Waals surface area contributed by atoms with Crippen molar-refractivity contribution in [3.05, 3.63) is 16.8 Å². The number of aromatic nitrogens is 2. The van der Waals surface area contributed by atoms with Crippen LogP contribution in [0.4, 0.5) is 4.79 Å². The van der Waals surface area contributed by atoms with Crippen molar-refractivity contribution in [1.29, 1.82) is 5.26 Å². The van der Waals surface area contributed by atoms with E-state index in [9.17, 15) is 4.79 Å². The molecule has 1 fully saturated rings. The fraction of sp³-hybridized carbons (Fsp3) is 0.556. The topological polar surface area (TPSA) is 108 Å². The lowest BCUT2D eigenvalue weighted by molar-refractivity contribution is 0.131. The molecule has 2 aromatic rings. The zero-order valence-corrected chi connectivity index (χ0v) is 15.1. The summed E-state index contributed by atoms with van der Waals surface area (Å²) in [5.74, 6) is 0.861. The molecule has 1 atom stereocenters. The van der Waals surface area contributed by atoms with Gasteiger partial charge in [0.1, 0.15) is 17.3 Å². The number of nitrogens with one attached hydrogen (secondary N) is 1. The number of thiophene rings is 1. The van der Waals surface area contributed by atoms with Crippen LogP contribution in [0.15, 0.2) is 6.33 Å². The van der Waals surface area contributed by atoms with Crippen LogP contribution in [0.1, 0.15) is 54.9 Å². The fourth-order valence-electron chi connectivity index (χ4n) is 4.10. The molecule has 136 valence electrons. The number of nitrogens with zero attached hydrogens (tertiary/aromatic N) is 3. The minimum Gasteiger partial charge on any atom is -0.474 e. The molecule has 4 rings (SSSR count). The van der Waals surface area contributed by atoms with Gasteiger partial charge in [-0.3, -0.25) is 0 Å². The predicted octanol–water partition coefficient (Wildman–Crippen LogP) is 3.59. The number of aryl methyl sites for hydroxylation is 1. The monoisotopic (exact) mass is 372 g/mol. The Morgan fingerprint density at radius 2 is 2.15 bits per heavy atom. The minimum absolute atomic E-state index is 0.00294. The summed E-state index contributed by atoms with van der Waals surface area (Å²) in [4.78, 5) is 21.8. The Balaban J connectivity index is 1.55. The first-order valence-electron chi connectivity index (χ1n) is 8.95. The summed E-state index contributed by atoms with van der Waals surface area (Å²) in [6, 6.07) is 2.30. The molecular formula is C18H20N4O3S. The van der Waals surface area contributed by atoms with Gasteiger partial charge in [-0.2, -0.15) is 5.26 Å². The first-order valence-corrected chi connectivity index (χ1v) is 9.76. The summed E-state index contributed by atoms with van der Waals surface area (Å²) in [7, 11) is 0. The molecule has 8 heteroatoms. The molecule has 0 saturated heterocycles. The van der Waals surface area contributed by atoms with Gasteiger partial charge in [0.25, 0.3) is 0 Å². The Kier molecular flexibility index (Phi) is 4.64. The van der Waals surface area contributed by atoms with Gasteiger partial charge in [-0.1, -0.05) is 0 Å². The maximum atomic E-state index is 10.8. The van der Waals surface area contributed by atoms with E-state index >= 15 is 0 Å². The summed E-state index contributed by atoms with van der Waals surface area (Å²) >= 11 is 1.68. The van der Waals surface area contributed by atoms with Crippen molar-refractivity contribution >= 4 is 27.6 Å². The summed E-state index contributed by atoms with van der Waals surface area (Å²) in [5.41, 5.74) is 1.21. The van der Waals surface area contributed by atoms with Gasteiger partial charge in [-0.25, -0.2) is 14.8 Å². The number of rotatable bonds is 4. The first-order chi connectivity index (χ1) is 12.7. The van der Waals surface area contributed by atoms with Gasteiger partial charge < -0.3 is 15.2 Å². The smallest absolute Gasteiger partial charge is 0.404 e. The van der Waals surface area contributed by atoms with Crippen molar-refractivity contribution in [2.45, 2.75) is 63.0 Å². The van der Waals surface area contributed by atoms with E-state index < -0.39 is 6.09 Å². The Labute approximate surface area is 155 Å². The van der Waals surface area contributed by atoms with Gasteiger partial charge in [-0.15, -0.1) is 11.3 Å². The van der Waals surface area contributed by atoms with Crippen LogP contribution in [0.5, 0.6) is 5.88 Å². The summed E-state index contributed by atoms with van der Waals surface area (Å²) in [5, 5.41) is 21.5. The molecule has 0 spiro atoms. The molecule has 2 N–H and O–H groups in total. The zero-order valence-electron chi connectivity index (χ0n) is 14.3. The lowest BCUT2D eigenvalue weighted by atomic mass is 9.93. The maximum Gasteiger partial charge on any atom is 0.404 e. The van der Waals surface area contributed by atoms with Gasteiger partial charge in [0.05, 0.1) is 11.5 Å². The highest BCUT2D eigenvalue weighted by Gasteiger charge is 2.31. The molecule has 0 aromatic carbocycles. The number of carboxylic acid groups (broad SMARTS) is 1. The minimum atomic E-state index is -0.968. The van der Waals surface area contributed by atoms with Crippen molar-refractivity contribution in [3.63, 3.8) is 0 Å². The Bertz CT molecular complexity index is 867. The van der Waals surface area contributed by atoms with Crippen LogP contribution in [0.25, 0.3) is 10.2 Å². The molecule has 1 saturated carbocycles. The number of hydrogen-bond donors (Lipinski definition) is 2. The third-order valence-corrected chi connectivity index (χ3v) is 6.49. The molecule has 2 aliphatic carbocycles. The highest BCUT2D eigenvalue weighted by molar-refractivity contribution is 7.19. The average molecular weight is 372 g/mol. The lowest BCUT2D eigenvalue weighted by Crippen LogP contribution is -2.39. The number of amides is 1. The highest BCUT2D eigenvalue weighted by atomic mass is 32.1. The maximum absolute atomic E-state index is 10.8. The van der Waals surface area contributed by atoms with Crippen LogP contribution < -0.4 is 10.1 Å². The van der Waals surface area contributed by atoms with E-state index in [2.05, 4.69) is 21.4 Å². The van der Waals surface area contributed by atoms with E-state index in [1.807, 2.05) is 0 Å². The van der Waals surface area contributed by atoms with Crippen molar-refractivity contribution in [1.82, 2.24) is 15.3 Å². The fourth-order valence-corrected chi connectivity index (χ4v) is 5.33. The van der Waals surface area contributed by atoms with Crippen molar-refractivity contribution in [2.24, 2.45) is 0 Å². The molecule has 2 heterocycles. The van der Waals surface area contributed by atoms with Crippen LogP contribution in [0.2, 0.25) is 0 Å². The molecular weight excluding hydrogens is 352 g/mol. The Hall–Kier alpha value is -2.40. The summed E-state index contributed by atoms with van der Waals surface area (Å²) in [6.07, 6.45) is 6.25. The predicted molar refractivity (Wildman–Crippen MR) is 96.5 cm³/mol. The third kappa shape index (κ3) is 3.19. The normalized spacial score (nSPS) is 24.8. The van der Waals surface area contributed by atoms with Crippen LogP contribution >= 0.6 is 11.3 Å². The molecule has 2 aromatic heterocycles. The van der Waals surface area contributed by atoms with E-state index in [-0.39, 0.29) is 18.1 Å². The number of carbonyl (C=O) groups is 1. The second-order valence-electron chi connectivity index (χ2n) is 6.94. The lowest BCUT2D eigenvalue weighted by Gasteiger charge is -2.28. The van der Waals surface area contributed by atoms with Gasteiger partial charge in [0.15, 0.2) is 0 Å². The van der Waals surface area contributed by atoms with Crippen LogP contribution in [0, 0.1) is 11.3 Å². The SMILES string of the molecule is N#CC[C@H]1CCc2sc3ncnc(OC4CCC(NC(=O)O)CC4)c3c21. The molecule has 1 amide bonds. The third-order valence-electron chi connectivity index (χ3n) is 5.31. The number of ether oxygens (including phenoxy) is 1. The molecule has 0 radical (unpaired) electrons. The van der Waals surface area contributed by atoms with Gasteiger partial charge in [0.2, 0.25) is 5.88 Å². The second-order valence-corrected chi connectivity index (χ2v) is 8.02. The molecule has 2 aliphatic rings.